The van der Waals surface area contributed by atoms with E-state index in [9.17, 15) is 9.18 Å². The van der Waals surface area contributed by atoms with Crippen molar-refractivity contribution < 1.29 is 13.9 Å². The van der Waals surface area contributed by atoms with E-state index in [0.717, 1.165) is 38.9 Å². The number of halogens is 1. The molecular weight excluding hydrogens is 389 g/mol. The zero-order valence-corrected chi connectivity index (χ0v) is 17.2. The molecule has 0 aliphatic carbocycles. The molecule has 4 rings (SSSR count). The number of benzene rings is 2. The Hall–Kier alpha value is -2.51. The lowest BCUT2D eigenvalue weighted by Gasteiger charge is -2.32. The van der Waals surface area contributed by atoms with Crippen LogP contribution in [0.5, 0.6) is 10.9 Å². The van der Waals surface area contributed by atoms with Gasteiger partial charge in [0.1, 0.15) is 11.6 Å². The van der Waals surface area contributed by atoms with Gasteiger partial charge in [0.15, 0.2) is 0 Å². The second-order valence-corrected chi connectivity index (χ2v) is 8.34. The number of aromatic nitrogens is 1. The van der Waals surface area contributed by atoms with Crippen molar-refractivity contribution in [1.29, 1.82) is 0 Å². The summed E-state index contributed by atoms with van der Waals surface area (Å²) in [5.74, 6) is 0.484. The van der Waals surface area contributed by atoms with Crippen molar-refractivity contribution in [3.63, 3.8) is 0 Å². The third kappa shape index (κ3) is 5.10. The molecule has 3 aromatic rings. The van der Waals surface area contributed by atoms with Crippen LogP contribution in [0, 0.1) is 5.82 Å². The van der Waals surface area contributed by atoms with E-state index in [-0.39, 0.29) is 11.7 Å². The molecule has 1 aliphatic rings. The van der Waals surface area contributed by atoms with Crippen molar-refractivity contribution in [2.45, 2.75) is 32.2 Å². The number of ether oxygens (including phenoxy) is 1. The highest BCUT2D eigenvalue weighted by atomic mass is 32.1. The molecule has 1 saturated heterocycles. The molecule has 0 unspecified atom stereocenters. The van der Waals surface area contributed by atoms with Crippen LogP contribution in [0.25, 0.3) is 10.2 Å². The number of rotatable bonds is 6. The molecule has 0 bridgehead atoms. The van der Waals surface area contributed by atoms with E-state index in [1.165, 1.54) is 23.0 Å². The Kier molecular flexibility index (Phi) is 6.06. The number of hydrogen-bond donors (Lipinski definition) is 1. The summed E-state index contributed by atoms with van der Waals surface area (Å²) in [6.45, 7) is 4.61. The summed E-state index contributed by atoms with van der Waals surface area (Å²) in [5, 5.41) is 3.45. The van der Waals surface area contributed by atoms with Gasteiger partial charge in [-0.25, -0.2) is 9.37 Å². The largest absolute Gasteiger partial charge is 0.431 e. The van der Waals surface area contributed by atoms with Gasteiger partial charge in [-0.15, -0.1) is 0 Å². The maximum absolute atomic E-state index is 13.8. The Bertz CT molecular complexity index is 981. The molecule has 152 valence electrons. The Balaban J connectivity index is 1.28. The molecular formula is C22H24FN3O2S. The quantitative estimate of drug-likeness (QED) is 0.652. The number of thiazole rings is 1. The zero-order valence-electron chi connectivity index (χ0n) is 16.4. The van der Waals surface area contributed by atoms with Gasteiger partial charge in [0.25, 0.3) is 5.19 Å². The molecule has 1 aliphatic heterocycles. The Labute approximate surface area is 173 Å². The van der Waals surface area contributed by atoms with Gasteiger partial charge < -0.3 is 15.0 Å². The van der Waals surface area contributed by atoms with Gasteiger partial charge in [-0.3, -0.25) is 4.79 Å². The lowest BCUT2D eigenvalue weighted by Crippen LogP contribution is -2.44. The number of likely N-dealkylation sites (tertiary alicyclic amines) is 1. The second kappa shape index (κ2) is 8.88. The molecule has 0 saturated carbocycles. The van der Waals surface area contributed by atoms with E-state index in [1.807, 2.05) is 12.1 Å². The number of amides is 1. The Morgan fingerprint density at radius 3 is 2.69 bits per heavy atom. The van der Waals surface area contributed by atoms with E-state index in [4.69, 9.17) is 4.74 Å². The van der Waals surface area contributed by atoms with Crippen LogP contribution in [0.15, 0.2) is 42.5 Å². The fourth-order valence-electron chi connectivity index (χ4n) is 3.64. The highest BCUT2D eigenvalue weighted by Crippen LogP contribution is 2.32. The monoisotopic (exact) mass is 413 g/mol. The predicted octanol–water partition coefficient (Wildman–Crippen LogP) is 4.37. The summed E-state index contributed by atoms with van der Waals surface area (Å²) < 4.78 is 20.1. The number of hydrogen-bond acceptors (Lipinski definition) is 5. The molecule has 0 atom stereocenters. The fraction of sp³-hybridized carbons (Fsp3) is 0.364. The van der Waals surface area contributed by atoms with Crippen molar-refractivity contribution in [3.05, 3.63) is 53.8 Å². The van der Waals surface area contributed by atoms with E-state index in [2.05, 4.69) is 27.3 Å². The lowest BCUT2D eigenvalue weighted by atomic mass is 10.0. The summed E-state index contributed by atoms with van der Waals surface area (Å²) in [5.41, 5.74) is 1.86. The molecule has 1 fully saturated rings. The van der Waals surface area contributed by atoms with Crippen molar-refractivity contribution in [2.24, 2.45) is 0 Å². The van der Waals surface area contributed by atoms with Crippen LogP contribution < -0.4 is 10.1 Å². The Morgan fingerprint density at radius 1 is 1.24 bits per heavy atom. The SMILES string of the molecule is CC(=O)NC1CCN(CCc2ccc(Oc3nc4cccc(F)c4s3)cc2)CC1. The normalized spacial score (nSPS) is 15.5. The van der Waals surface area contributed by atoms with Gasteiger partial charge in [0.05, 0.1) is 10.2 Å². The fourth-order valence-corrected chi connectivity index (χ4v) is 4.48. The van der Waals surface area contributed by atoms with Crippen LogP contribution in [0.1, 0.15) is 25.3 Å². The average molecular weight is 414 g/mol. The summed E-state index contributed by atoms with van der Waals surface area (Å²) in [6.07, 6.45) is 2.99. The zero-order chi connectivity index (χ0) is 20.2. The molecule has 7 heteroatoms. The van der Waals surface area contributed by atoms with Gasteiger partial charge in [0.2, 0.25) is 5.91 Å². The first-order chi connectivity index (χ1) is 14.1. The number of fused-ring (bicyclic) bond motifs is 1. The minimum absolute atomic E-state index is 0.0572. The second-order valence-electron chi connectivity index (χ2n) is 7.38. The maximum Gasteiger partial charge on any atom is 0.279 e. The first-order valence-electron chi connectivity index (χ1n) is 9.88. The van der Waals surface area contributed by atoms with Crippen LogP contribution in [-0.2, 0) is 11.2 Å². The first kappa shape index (κ1) is 19.8. The van der Waals surface area contributed by atoms with Crippen LogP contribution in [0.3, 0.4) is 0 Å². The van der Waals surface area contributed by atoms with E-state index in [1.54, 1.807) is 19.1 Å². The number of carbonyl (C=O) groups excluding carboxylic acids is 1. The maximum atomic E-state index is 13.8. The molecule has 1 amide bonds. The predicted molar refractivity (Wildman–Crippen MR) is 113 cm³/mol. The summed E-state index contributed by atoms with van der Waals surface area (Å²) >= 11 is 1.21. The highest BCUT2D eigenvalue weighted by Gasteiger charge is 2.19. The third-order valence-electron chi connectivity index (χ3n) is 5.19. The number of nitrogens with zero attached hydrogens (tertiary/aromatic N) is 2. The molecule has 5 nitrogen and oxygen atoms in total. The topological polar surface area (TPSA) is 54.5 Å². The van der Waals surface area contributed by atoms with Gasteiger partial charge >= 0.3 is 0 Å². The highest BCUT2D eigenvalue weighted by molar-refractivity contribution is 7.20. The minimum Gasteiger partial charge on any atom is -0.431 e. The van der Waals surface area contributed by atoms with Crippen LogP contribution in [-0.4, -0.2) is 41.5 Å². The van der Waals surface area contributed by atoms with E-state index < -0.39 is 0 Å². The molecule has 0 spiro atoms. The van der Waals surface area contributed by atoms with Gasteiger partial charge in [-0.05, 0) is 49.1 Å². The smallest absolute Gasteiger partial charge is 0.279 e. The standard InChI is InChI=1S/C22H24FN3O2S/c1-15(27)24-17-10-13-26(14-11-17)12-9-16-5-7-18(8-6-16)28-22-25-20-4-2-3-19(23)21(20)29-22/h2-8,17H,9-14H2,1H3,(H,24,27). The summed E-state index contributed by atoms with van der Waals surface area (Å²) in [6, 6.07) is 13.2. The Morgan fingerprint density at radius 2 is 2.00 bits per heavy atom. The molecule has 0 radical (unpaired) electrons. The van der Waals surface area contributed by atoms with Crippen LogP contribution in [0.2, 0.25) is 0 Å². The number of carbonyl (C=O) groups is 1. The molecule has 2 heterocycles. The summed E-state index contributed by atoms with van der Waals surface area (Å²) in [7, 11) is 0. The lowest BCUT2D eigenvalue weighted by molar-refractivity contribution is -0.119. The molecule has 1 aromatic heterocycles. The van der Waals surface area contributed by atoms with E-state index in [0.29, 0.717) is 27.2 Å². The number of piperidine rings is 1. The number of nitrogens with one attached hydrogen (secondary N) is 1. The van der Waals surface area contributed by atoms with Gasteiger partial charge in [-0.1, -0.05) is 29.5 Å². The molecule has 2 aromatic carbocycles. The van der Waals surface area contributed by atoms with Crippen molar-refractivity contribution >= 4 is 27.5 Å². The first-order valence-corrected chi connectivity index (χ1v) is 10.7. The molecule has 29 heavy (non-hydrogen) atoms. The van der Waals surface area contributed by atoms with Gasteiger partial charge in [-0.2, -0.15) is 0 Å². The third-order valence-corrected chi connectivity index (χ3v) is 6.15. The van der Waals surface area contributed by atoms with Crippen LogP contribution >= 0.6 is 11.3 Å². The van der Waals surface area contributed by atoms with E-state index >= 15 is 0 Å². The van der Waals surface area contributed by atoms with Crippen LogP contribution in [0.4, 0.5) is 4.39 Å². The van der Waals surface area contributed by atoms with Gasteiger partial charge in [0, 0.05) is 32.6 Å². The molecule has 1 N–H and O–H groups in total. The van der Waals surface area contributed by atoms with Crippen molar-refractivity contribution in [2.75, 3.05) is 19.6 Å². The minimum atomic E-state index is -0.272. The van der Waals surface area contributed by atoms with Crippen molar-refractivity contribution in [3.8, 4) is 10.9 Å². The van der Waals surface area contributed by atoms with Crippen molar-refractivity contribution in [1.82, 2.24) is 15.2 Å². The average Bonchev–Trinajstić information content (AvgIpc) is 3.12. The summed E-state index contributed by atoms with van der Waals surface area (Å²) in [4.78, 5) is 17.9.